The van der Waals surface area contributed by atoms with Gasteiger partial charge in [-0.25, -0.2) is 0 Å². The number of aromatic hydroxyl groups is 2. The van der Waals surface area contributed by atoms with Crippen molar-refractivity contribution >= 4 is 0 Å². The molecule has 0 saturated carbocycles. The fraction of sp³-hybridized carbons (Fsp3) is 0.455. The van der Waals surface area contributed by atoms with E-state index in [1.165, 1.54) is 12.5 Å². The molecule has 0 atom stereocenters. The van der Waals surface area contributed by atoms with Gasteiger partial charge in [-0.2, -0.15) is 0 Å². The number of phenols is 2. The molecule has 0 heterocycles. The summed E-state index contributed by atoms with van der Waals surface area (Å²) in [4.78, 5) is 0. The molecule has 1 rings (SSSR count). The quantitative estimate of drug-likeness (QED) is 0.605. The van der Waals surface area contributed by atoms with Gasteiger partial charge in [-0.05, 0) is 31.0 Å². The van der Waals surface area contributed by atoms with Crippen molar-refractivity contribution in [1.82, 2.24) is 0 Å². The van der Waals surface area contributed by atoms with Gasteiger partial charge in [0.25, 0.3) is 0 Å². The van der Waals surface area contributed by atoms with Gasteiger partial charge in [-0.1, -0.05) is 26.3 Å². The van der Waals surface area contributed by atoms with E-state index in [-0.39, 0.29) is 11.5 Å². The number of hydrogen-bond donors (Lipinski definition) is 2. The molecule has 1 aromatic rings. The van der Waals surface area contributed by atoms with E-state index < -0.39 is 0 Å². The van der Waals surface area contributed by atoms with E-state index in [1.54, 1.807) is 6.92 Å². The Balaban J connectivity index is 0.000000424. The maximum Gasteiger partial charge on any atom is 0.160 e. The van der Waals surface area contributed by atoms with Crippen LogP contribution in [0.5, 0.6) is 11.5 Å². The zero-order valence-electron chi connectivity index (χ0n) is 8.76. The Labute approximate surface area is 79.9 Å². The summed E-state index contributed by atoms with van der Waals surface area (Å²) in [7, 11) is 0. The number of phenolic OH excluding ortho intramolecular Hbond substituents is 2. The molecule has 13 heavy (non-hydrogen) atoms. The number of hydrogen-bond acceptors (Lipinski definition) is 2. The average Bonchev–Trinajstić information content (AvgIpc) is 2.01. The van der Waals surface area contributed by atoms with E-state index in [0.717, 1.165) is 5.56 Å². The van der Waals surface area contributed by atoms with Crippen molar-refractivity contribution in [2.45, 2.75) is 34.1 Å². The standard InChI is InChI=1S/C8H10O2.C3H8/c1-5-3-6(2)8(10)7(9)4-5;1-3-2/h3-4,9-10H,1-2H3;3H2,1-2H3. The minimum absolute atomic E-state index is 0.0226. The van der Waals surface area contributed by atoms with E-state index in [9.17, 15) is 0 Å². The molecular formula is C11H18O2. The molecule has 0 radical (unpaired) electrons. The van der Waals surface area contributed by atoms with E-state index in [0.29, 0.717) is 5.56 Å². The van der Waals surface area contributed by atoms with Gasteiger partial charge in [-0.15, -0.1) is 0 Å². The third kappa shape index (κ3) is 3.83. The van der Waals surface area contributed by atoms with Gasteiger partial charge >= 0.3 is 0 Å². The highest BCUT2D eigenvalue weighted by molar-refractivity contribution is 5.46. The van der Waals surface area contributed by atoms with Crippen LogP contribution in [0.4, 0.5) is 0 Å². The zero-order chi connectivity index (χ0) is 10.4. The lowest BCUT2D eigenvalue weighted by atomic mass is 10.1. The number of aryl methyl sites for hydroxylation is 2. The summed E-state index contributed by atoms with van der Waals surface area (Å²) in [5.74, 6) is -0.0666. The molecule has 0 spiro atoms. The highest BCUT2D eigenvalue weighted by Gasteiger charge is 2.01. The molecular weight excluding hydrogens is 164 g/mol. The Kier molecular flexibility index (Phi) is 4.97. The van der Waals surface area contributed by atoms with Crippen molar-refractivity contribution in [3.63, 3.8) is 0 Å². The molecule has 0 saturated heterocycles. The topological polar surface area (TPSA) is 40.5 Å². The second kappa shape index (κ2) is 5.46. The normalized spacial score (nSPS) is 8.92. The Hall–Kier alpha value is -1.18. The lowest BCUT2D eigenvalue weighted by Gasteiger charge is -2.01. The summed E-state index contributed by atoms with van der Waals surface area (Å²) in [6.07, 6.45) is 1.25. The molecule has 0 aliphatic heterocycles. The zero-order valence-corrected chi connectivity index (χ0v) is 8.76. The Morgan fingerprint density at radius 1 is 1.08 bits per heavy atom. The summed E-state index contributed by atoms with van der Waals surface area (Å²) in [6, 6.07) is 3.34. The van der Waals surface area contributed by atoms with Gasteiger partial charge < -0.3 is 10.2 Å². The molecule has 0 aliphatic carbocycles. The fourth-order valence-corrected chi connectivity index (χ4v) is 0.938. The molecule has 0 bridgehead atoms. The monoisotopic (exact) mass is 182 g/mol. The molecule has 2 nitrogen and oxygen atoms in total. The van der Waals surface area contributed by atoms with Crippen LogP contribution in [-0.4, -0.2) is 10.2 Å². The summed E-state index contributed by atoms with van der Waals surface area (Å²) in [5.41, 5.74) is 1.66. The van der Waals surface area contributed by atoms with Crippen molar-refractivity contribution in [1.29, 1.82) is 0 Å². The van der Waals surface area contributed by atoms with Crippen LogP contribution in [0.1, 0.15) is 31.4 Å². The minimum Gasteiger partial charge on any atom is -0.504 e. The average molecular weight is 182 g/mol. The molecule has 0 aliphatic rings. The van der Waals surface area contributed by atoms with Crippen LogP contribution in [0.3, 0.4) is 0 Å². The molecule has 74 valence electrons. The Morgan fingerprint density at radius 2 is 1.54 bits per heavy atom. The summed E-state index contributed by atoms with van der Waals surface area (Å²) in [6.45, 7) is 7.87. The summed E-state index contributed by atoms with van der Waals surface area (Å²) < 4.78 is 0. The first-order chi connectivity index (χ1) is 6.02. The maximum absolute atomic E-state index is 9.08. The van der Waals surface area contributed by atoms with Crippen LogP contribution >= 0.6 is 0 Å². The van der Waals surface area contributed by atoms with Gasteiger partial charge in [0.05, 0.1) is 0 Å². The van der Waals surface area contributed by atoms with Crippen LogP contribution in [0.25, 0.3) is 0 Å². The first kappa shape index (κ1) is 11.8. The van der Waals surface area contributed by atoms with Gasteiger partial charge in [0.1, 0.15) is 0 Å². The van der Waals surface area contributed by atoms with Gasteiger partial charge in [0, 0.05) is 0 Å². The predicted molar refractivity (Wildman–Crippen MR) is 55.2 cm³/mol. The van der Waals surface area contributed by atoms with E-state index in [2.05, 4.69) is 13.8 Å². The van der Waals surface area contributed by atoms with Crippen molar-refractivity contribution in [3.8, 4) is 11.5 Å². The lowest BCUT2D eigenvalue weighted by Crippen LogP contribution is -1.78. The molecule has 0 unspecified atom stereocenters. The van der Waals surface area contributed by atoms with Gasteiger partial charge in [0.2, 0.25) is 0 Å². The lowest BCUT2D eigenvalue weighted by molar-refractivity contribution is 0.400. The van der Waals surface area contributed by atoms with Crippen molar-refractivity contribution in [3.05, 3.63) is 23.3 Å². The van der Waals surface area contributed by atoms with Crippen molar-refractivity contribution in [2.24, 2.45) is 0 Å². The van der Waals surface area contributed by atoms with E-state index in [1.807, 2.05) is 13.0 Å². The fourth-order valence-electron chi connectivity index (χ4n) is 0.938. The van der Waals surface area contributed by atoms with Crippen LogP contribution in [-0.2, 0) is 0 Å². The largest absolute Gasteiger partial charge is 0.504 e. The first-order valence-electron chi connectivity index (χ1n) is 4.52. The van der Waals surface area contributed by atoms with Crippen LogP contribution < -0.4 is 0 Å². The molecule has 1 aromatic carbocycles. The third-order valence-electron chi connectivity index (χ3n) is 1.42. The maximum atomic E-state index is 9.08. The molecule has 0 fully saturated rings. The highest BCUT2D eigenvalue weighted by Crippen LogP contribution is 2.28. The van der Waals surface area contributed by atoms with Crippen LogP contribution in [0.2, 0.25) is 0 Å². The van der Waals surface area contributed by atoms with Crippen molar-refractivity contribution < 1.29 is 10.2 Å². The molecule has 0 aromatic heterocycles. The van der Waals surface area contributed by atoms with Gasteiger partial charge in [0.15, 0.2) is 11.5 Å². The predicted octanol–water partition coefficient (Wildman–Crippen LogP) is 3.13. The number of benzene rings is 1. The summed E-state index contributed by atoms with van der Waals surface area (Å²) >= 11 is 0. The van der Waals surface area contributed by atoms with E-state index >= 15 is 0 Å². The first-order valence-corrected chi connectivity index (χ1v) is 4.52. The molecule has 2 heteroatoms. The Bertz CT molecular complexity index is 244. The SMILES string of the molecule is CCC.Cc1cc(C)c(O)c(O)c1. The number of rotatable bonds is 0. The van der Waals surface area contributed by atoms with Crippen molar-refractivity contribution in [2.75, 3.05) is 0 Å². The Morgan fingerprint density at radius 3 is 1.92 bits per heavy atom. The smallest absolute Gasteiger partial charge is 0.160 e. The second-order valence-corrected chi connectivity index (χ2v) is 3.16. The molecule has 0 amide bonds. The van der Waals surface area contributed by atoms with Crippen LogP contribution in [0, 0.1) is 13.8 Å². The van der Waals surface area contributed by atoms with Gasteiger partial charge in [-0.3, -0.25) is 0 Å². The third-order valence-corrected chi connectivity index (χ3v) is 1.42. The minimum atomic E-state index is -0.0440. The second-order valence-electron chi connectivity index (χ2n) is 3.16. The summed E-state index contributed by atoms with van der Waals surface area (Å²) in [5, 5.41) is 18.1. The highest BCUT2D eigenvalue weighted by atomic mass is 16.3. The van der Waals surface area contributed by atoms with E-state index in [4.69, 9.17) is 10.2 Å². The molecule has 2 N–H and O–H groups in total. The van der Waals surface area contributed by atoms with Crippen LogP contribution in [0.15, 0.2) is 12.1 Å².